The molecule has 6 heteroatoms. The Hall–Kier alpha value is -2.60. The number of rotatable bonds is 2. The Kier molecular flexibility index (Phi) is 2.80. The summed E-state index contributed by atoms with van der Waals surface area (Å²) in [6.07, 6.45) is 2.87. The number of amides is 2. The molecule has 3 rings (SSSR count). The number of anilines is 1. The molecule has 2 heterocycles. The van der Waals surface area contributed by atoms with E-state index >= 15 is 0 Å². The minimum absolute atomic E-state index is 0.135. The number of pyridine rings is 1. The van der Waals surface area contributed by atoms with Crippen LogP contribution in [0, 0.1) is 0 Å². The maximum absolute atomic E-state index is 12.4. The van der Waals surface area contributed by atoms with Crippen LogP contribution in [0.25, 0.3) is 0 Å². The van der Waals surface area contributed by atoms with Gasteiger partial charge in [0.15, 0.2) is 0 Å². The Morgan fingerprint density at radius 3 is 2.50 bits per heavy atom. The molecule has 2 aromatic rings. The van der Waals surface area contributed by atoms with E-state index in [1.807, 2.05) is 0 Å². The summed E-state index contributed by atoms with van der Waals surface area (Å²) < 4.78 is 0. The molecule has 0 unspecified atom stereocenters. The molecule has 0 spiro atoms. The van der Waals surface area contributed by atoms with Crippen molar-refractivity contribution in [2.45, 2.75) is 0 Å². The van der Waals surface area contributed by atoms with E-state index in [0.29, 0.717) is 16.8 Å². The zero-order valence-corrected chi connectivity index (χ0v) is 11.1. The first-order valence-electron chi connectivity index (χ1n) is 5.83. The number of thiocarbonyl (C=S) groups is 1. The minimum Gasteiger partial charge on any atom is -0.389 e. The van der Waals surface area contributed by atoms with E-state index < -0.39 is 11.8 Å². The third-order valence-corrected chi connectivity index (χ3v) is 3.32. The standard InChI is InChI=1S/C14H9N3O2S/c15-12(20)9-3-1-2-4-11(9)17-13(18)8-5-6-16-7-10(8)14(17)19/h1-7H,(H2,15,20). The molecule has 1 aromatic carbocycles. The van der Waals surface area contributed by atoms with Gasteiger partial charge in [-0.05, 0) is 18.2 Å². The van der Waals surface area contributed by atoms with Crippen molar-refractivity contribution >= 4 is 34.7 Å². The lowest BCUT2D eigenvalue weighted by molar-refractivity contribution is 0.0926. The van der Waals surface area contributed by atoms with Crippen molar-refractivity contribution in [3.05, 3.63) is 59.4 Å². The molecule has 0 aliphatic carbocycles. The number of hydrogen-bond acceptors (Lipinski definition) is 4. The third kappa shape index (κ3) is 1.70. The number of aromatic nitrogens is 1. The second kappa shape index (κ2) is 4.50. The number of nitrogens with zero attached hydrogens (tertiary/aromatic N) is 2. The largest absolute Gasteiger partial charge is 0.389 e. The van der Waals surface area contributed by atoms with Crippen LogP contribution >= 0.6 is 12.2 Å². The van der Waals surface area contributed by atoms with Crippen LogP contribution in [-0.2, 0) is 0 Å². The molecular weight excluding hydrogens is 274 g/mol. The van der Waals surface area contributed by atoms with Gasteiger partial charge in [-0.3, -0.25) is 14.6 Å². The molecule has 0 saturated carbocycles. The molecule has 0 radical (unpaired) electrons. The van der Waals surface area contributed by atoms with Crippen molar-refractivity contribution < 1.29 is 9.59 Å². The summed E-state index contributed by atoms with van der Waals surface area (Å²) in [7, 11) is 0. The van der Waals surface area contributed by atoms with E-state index in [9.17, 15) is 9.59 Å². The topological polar surface area (TPSA) is 76.3 Å². The fourth-order valence-electron chi connectivity index (χ4n) is 2.18. The molecule has 2 N–H and O–H groups in total. The van der Waals surface area contributed by atoms with Gasteiger partial charge in [0.1, 0.15) is 4.99 Å². The van der Waals surface area contributed by atoms with Crippen LogP contribution in [0.4, 0.5) is 5.69 Å². The van der Waals surface area contributed by atoms with Gasteiger partial charge in [0.2, 0.25) is 0 Å². The predicted molar refractivity (Wildman–Crippen MR) is 77.7 cm³/mol. The van der Waals surface area contributed by atoms with Crippen LogP contribution in [0.2, 0.25) is 0 Å². The fraction of sp³-hybridized carbons (Fsp3) is 0. The summed E-state index contributed by atoms with van der Waals surface area (Å²) in [5, 5.41) is 0. The summed E-state index contributed by atoms with van der Waals surface area (Å²) in [6.45, 7) is 0. The van der Waals surface area contributed by atoms with E-state index in [1.165, 1.54) is 18.5 Å². The second-order valence-electron chi connectivity index (χ2n) is 4.25. The van der Waals surface area contributed by atoms with Gasteiger partial charge in [-0.25, -0.2) is 4.90 Å². The number of nitrogens with two attached hydrogens (primary N) is 1. The summed E-state index contributed by atoms with van der Waals surface area (Å²) in [5.74, 6) is -0.807. The van der Waals surface area contributed by atoms with E-state index in [1.54, 1.807) is 24.3 Å². The van der Waals surface area contributed by atoms with Crippen LogP contribution in [0.5, 0.6) is 0 Å². The van der Waals surface area contributed by atoms with E-state index in [0.717, 1.165) is 4.90 Å². The van der Waals surface area contributed by atoms with Crippen molar-refractivity contribution in [2.24, 2.45) is 5.73 Å². The molecule has 0 atom stereocenters. The Morgan fingerprint density at radius 2 is 1.80 bits per heavy atom. The third-order valence-electron chi connectivity index (χ3n) is 3.10. The van der Waals surface area contributed by atoms with Gasteiger partial charge in [0, 0.05) is 18.0 Å². The Labute approximate surface area is 120 Å². The molecular formula is C14H9N3O2S. The fourth-order valence-corrected chi connectivity index (χ4v) is 2.35. The highest BCUT2D eigenvalue weighted by Gasteiger charge is 2.37. The average Bonchev–Trinajstić information content (AvgIpc) is 2.71. The predicted octanol–water partition coefficient (Wildman–Crippen LogP) is 1.52. The Morgan fingerprint density at radius 1 is 1.10 bits per heavy atom. The maximum atomic E-state index is 12.4. The van der Waals surface area contributed by atoms with E-state index in [4.69, 9.17) is 18.0 Å². The minimum atomic E-state index is -0.415. The van der Waals surface area contributed by atoms with Crippen molar-refractivity contribution in [3.8, 4) is 0 Å². The van der Waals surface area contributed by atoms with Crippen LogP contribution in [0.1, 0.15) is 26.3 Å². The quantitative estimate of drug-likeness (QED) is 0.668. The summed E-state index contributed by atoms with van der Waals surface area (Å²) in [4.78, 5) is 29.8. The SMILES string of the molecule is NC(=S)c1ccccc1N1C(=O)c2ccncc2C1=O. The highest BCUT2D eigenvalue weighted by atomic mass is 32.1. The Balaban J connectivity index is 2.17. The highest BCUT2D eigenvalue weighted by molar-refractivity contribution is 7.80. The molecule has 2 amide bonds. The van der Waals surface area contributed by atoms with E-state index in [2.05, 4.69) is 4.98 Å². The van der Waals surface area contributed by atoms with E-state index in [-0.39, 0.29) is 10.6 Å². The second-order valence-corrected chi connectivity index (χ2v) is 4.69. The van der Waals surface area contributed by atoms with Gasteiger partial charge in [-0.2, -0.15) is 0 Å². The number of carbonyl (C=O) groups excluding carboxylic acids is 2. The first-order chi connectivity index (χ1) is 9.61. The average molecular weight is 283 g/mol. The number of fused-ring (bicyclic) bond motifs is 1. The zero-order valence-electron chi connectivity index (χ0n) is 10.2. The lowest BCUT2D eigenvalue weighted by Gasteiger charge is -2.17. The molecule has 1 aromatic heterocycles. The summed E-state index contributed by atoms with van der Waals surface area (Å²) >= 11 is 4.96. The first-order valence-corrected chi connectivity index (χ1v) is 6.23. The van der Waals surface area contributed by atoms with Gasteiger partial charge >= 0.3 is 0 Å². The number of imide groups is 1. The monoisotopic (exact) mass is 283 g/mol. The molecule has 0 bridgehead atoms. The van der Waals surface area contributed by atoms with Crippen LogP contribution in [0.3, 0.4) is 0 Å². The molecule has 5 nitrogen and oxygen atoms in total. The molecule has 0 fully saturated rings. The summed E-state index contributed by atoms with van der Waals surface area (Å²) in [6, 6.07) is 8.32. The lowest BCUT2D eigenvalue weighted by atomic mass is 10.1. The molecule has 1 aliphatic heterocycles. The molecule has 20 heavy (non-hydrogen) atoms. The lowest BCUT2D eigenvalue weighted by Crippen LogP contribution is -2.31. The smallest absolute Gasteiger partial charge is 0.267 e. The maximum Gasteiger partial charge on any atom is 0.267 e. The highest BCUT2D eigenvalue weighted by Crippen LogP contribution is 2.30. The Bertz CT molecular complexity index is 723. The van der Waals surface area contributed by atoms with Gasteiger partial charge in [0.25, 0.3) is 11.8 Å². The number of hydrogen-bond donors (Lipinski definition) is 1. The molecule has 0 saturated heterocycles. The van der Waals surface area contributed by atoms with Crippen LogP contribution in [-0.4, -0.2) is 21.8 Å². The zero-order chi connectivity index (χ0) is 14.3. The number of para-hydroxylation sites is 1. The molecule has 98 valence electrons. The van der Waals surface area contributed by atoms with Gasteiger partial charge in [-0.1, -0.05) is 24.4 Å². The molecule has 1 aliphatic rings. The van der Waals surface area contributed by atoms with Crippen molar-refractivity contribution in [3.63, 3.8) is 0 Å². The van der Waals surface area contributed by atoms with Crippen molar-refractivity contribution in [1.29, 1.82) is 0 Å². The van der Waals surface area contributed by atoms with Crippen LogP contribution < -0.4 is 10.6 Å². The van der Waals surface area contributed by atoms with Gasteiger partial charge in [0.05, 0.1) is 16.8 Å². The number of carbonyl (C=O) groups is 2. The van der Waals surface area contributed by atoms with Crippen molar-refractivity contribution in [2.75, 3.05) is 4.90 Å². The van der Waals surface area contributed by atoms with Gasteiger partial charge in [-0.15, -0.1) is 0 Å². The number of benzene rings is 1. The summed E-state index contributed by atoms with van der Waals surface area (Å²) in [5.41, 5.74) is 7.16. The first kappa shape index (κ1) is 12.4. The van der Waals surface area contributed by atoms with Crippen LogP contribution in [0.15, 0.2) is 42.7 Å². The normalized spacial score (nSPS) is 13.5. The van der Waals surface area contributed by atoms with Gasteiger partial charge < -0.3 is 5.73 Å². The van der Waals surface area contributed by atoms with Crippen molar-refractivity contribution in [1.82, 2.24) is 4.98 Å².